The van der Waals surface area contributed by atoms with E-state index < -0.39 is 5.97 Å². The van der Waals surface area contributed by atoms with Gasteiger partial charge in [-0.2, -0.15) is 0 Å². The Labute approximate surface area is 93.6 Å². The maximum atomic E-state index is 10.6. The lowest BCUT2D eigenvalue weighted by Gasteiger charge is -2.05. The number of rotatable bonds is 3. The highest BCUT2D eigenvalue weighted by molar-refractivity contribution is 6.32. The van der Waals surface area contributed by atoms with Crippen LogP contribution in [0.4, 0.5) is 0 Å². The number of aliphatic imine (C=N–C) groups is 1. The Balaban J connectivity index is 2.04. The van der Waals surface area contributed by atoms with Crippen molar-refractivity contribution in [3.8, 4) is 0 Å². The molecule has 1 aliphatic rings. The Morgan fingerprint density at radius 2 is 2.44 bits per heavy atom. The van der Waals surface area contributed by atoms with Gasteiger partial charge in [0, 0.05) is 0 Å². The molecule has 0 fully saturated rings. The minimum atomic E-state index is -1.09. The predicted octanol–water partition coefficient (Wildman–Crippen LogP) is 1.42. The molecule has 0 saturated carbocycles. The molecule has 0 aromatic heterocycles. The third-order valence-electron chi connectivity index (χ3n) is 2.45. The number of nitrogens with zero attached hydrogens (tertiary/aromatic N) is 1. The molecular formula is C12H13NO3. The molecule has 0 spiro atoms. The SMILES string of the molecule is Cc1cccc(CC2COC(C(=O)O)=N2)c1. The zero-order valence-electron chi connectivity index (χ0n) is 9.01. The van der Waals surface area contributed by atoms with Crippen LogP contribution in [0.5, 0.6) is 0 Å². The molecule has 1 heterocycles. The molecule has 0 bridgehead atoms. The van der Waals surface area contributed by atoms with Crippen molar-refractivity contribution < 1.29 is 14.6 Å². The van der Waals surface area contributed by atoms with Crippen molar-refractivity contribution >= 4 is 11.9 Å². The van der Waals surface area contributed by atoms with Crippen molar-refractivity contribution in [2.45, 2.75) is 19.4 Å². The normalized spacial score (nSPS) is 19.1. The van der Waals surface area contributed by atoms with Crippen LogP contribution in [0.3, 0.4) is 0 Å². The van der Waals surface area contributed by atoms with Crippen molar-refractivity contribution in [2.24, 2.45) is 4.99 Å². The van der Waals surface area contributed by atoms with Crippen molar-refractivity contribution in [1.82, 2.24) is 0 Å². The number of hydrogen-bond acceptors (Lipinski definition) is 3. The van der Waals surface area contributed by atoms with E-state index >= 15 is 0 Å². The van der Waals surface area contributed by atoms with E-state index in [1.165, 1.54) is 5.56 Å². The van der Waals surface area contributed by atoms with Gasteiger partial charge in [0.2, 0.25) is 0 Å². The van der Waals surface area contributed by atoms with E-state index in [-0.39, 0.29) is 11.9 Å². The maximum Gasteiger partial charge on any atom is 0.391 e. The fourth-order valence-corrected chi connectivity index (χ4v) is 1.75. The molecular weight excluding hydrogens is 206 g/mol. The lowest BCUT2D eigenvalue weighted by Crippen LogP contribution is -2.12. The number of aryl methyl sites for hydroxylation is 1. The molecule has 1 aliphatic heterocycles. The summed E-state index contributed by atoms with van der Waals surface area (Å²) in [7, 11) is 0. The Kier molecular flexibility index (Phi) is 2.90. The highest BCUT2D eigenvalue weighted by Crippen LogP contribution is 2.13. The highest BCUT2D eigenvalue weighted by Gasteiger charge is 2.23. The molecule has 0 saturated heterocycles. The van der Waals surface area contributed by atoms with Gasteiger partial charge in [0.1, 0.15) is 6.61 Å². The standard InChI is InChI=1S/C12H13NO3/c1-8-3-2-4-9(5-8)6-10-7-16-11(13-10)12(14)15/h2-5,10H,6-7H2,1H3,(H,14,15). The molecule has 16 heavy (non-hydrogen) atoms. The van der Waals surface area contributed by atoms with E-state index in [1.807, 2.05) is 25.1 Å². The fourth-order valence-electron chi connectivity index (χ4n) is 1.75. The lowest BCUT2D eigenvalue weighted by molar-refractivity contribution is -0.130. The number of benzene rings is 1. The highest BCUT2D eigenvalue weighted by atomic mass is 16.5. The van der Waals surface area contributed by atoms with Crippen LogP contribution in [-0.2, 0) is 16.0 Å². The van der Waals surface area contributed by atoms with Gasteiger partial charge in [-0.1, -0.05) is 29.8 Å². The number of ether oxygens (including phenoxy) is 1. The minimum Gasteiger partial charge on any atom is -0.474 e. The summed E-state index contributed by atoms with van der Waals surface area (Å²) in [6.45, 7) is 2.39. The van der Waals surface area contributed by atoms with Gasteiger partial charge < -0.3 is 9.84 Å². The largest absolute Gasteiger partial charge is 0.474 e. The average Bonchev–Trinajstić information content (AvgIpc) is 2.66. The number of aliphatic carboxylic acids is 1. The summed E-state index contributed by atoms with van der Waals surface area (Å²) >= 11 is 0. The number of carboxylic acids is 1. The van der Waals surface area contributed by atoms with Crippen LogP contribution in [0.1, 0.15) is 11.1 Å². The third kappa shape index (κ3) is 2.39. The maximum absolute atomic E-state index is 10.6. The first kappa shape index (κ1) is 10.7. The van der Waals surface area contributed by atoms with Crippen LogP contribution in [0.15, 0.2) is 29.3 Å². The van der Waals surface area contributed by atoms with Gasteiger partial charge in [-0.05, 0) is 18.9 Å². The van der Waals surface area contributed by atoms with Crippen LogP contribution in [0.2, 0.25) is 0 Å². The first-order valence-corrected chi connectivity index (χ1v) is 5.14. The summed E-state index contributed by atoms with van der Waals surface area (Å²) in [5.74, 6) is -1.26. The van der Waals surface area contributed by atoms with Crippen LogP contribution < -0.4 is 0 Å². The summed E-state index contributed by atoms with van der Waals surface area (Å²) < 4.78 is 4.98. The molecule has 1 unspecified atom stereocenters. The smallest absolute Gasteiger partial charge is 0.391 e. The van der Waals surface area contributed by atoms with E-state index in [2.05, 4.69) is 11.1 Å². The van der Waals surface area contributed by atoms with Crippen molar-refractivity contribution in [3.05, 3.63) is 35.4 Å². The fraction of sp³-hybridized carbons (Fsp3) is 0.333. The molecule has 1 aromatic rings. The predicted molar refractivity (Wildman–Crippen MR) is 59.7 cm³/mol. The zero-order chi connectivity index (χ0) is 11.5. The van der Waals surface area contributed by atoms with E-state index in [4.69, 9.17) is 9.84 Å². The van der Waals surface area contributed by atoms with E-state index in [0.29, 0.717) is 6.61 Å². The molecule has 0 radical (unpaired) electrons. The van der Waals surface area contributed by atoms with Gasteiger partial charge in [0.25, 0.3) is 5.90 Å². The summed E-state index contributed by atoms with van der Waals surface area (Å²) in [6, 6.07) is 8.03. The second-order valence-corrected chi connectivity index (χ2v) is 3.90. The monoisotopic (exact) mass is 219 g/mol. The van der Waals surface area contributed by atoms with Crippen molar-refractivity contribution in [1.29, 1.82) is 0 Å². The third-order valence-corrected chi connectivity index (χ3v) is 2.45. The number of hydrogen-bond donors (Lipinski definition) is 1. The van der Waals surface area contributed by atoms with E-state index in [0.717, 1.165) is 12.0 Å². The zero-order valence-corrected chi connectivity index (χ0v) is 9.01. The molecule has 84 valence electrons. The Hall–Kier alpha value is -1.84. The minimum absolute atomic E-state index is 0.0760. The van der Waals surface area contributed by atoms with Gasteiger partial charge >= 0.3 is 5.97 Å². The van der Waals surface area contributed by atoms with Crippen molar-refractivity contribution in [3.63, 3.8) is 0 Å². The molecule has 4 nitrogen and oxygen atoms in total. The summed E-state index contributed by atoms with van der Waals surface area (Å²) in [5.41, 5.74) is 2.35. The van der Waals surface area contributed by atoms with Crippen LogP contribution in [0.25, 0.3) is 0 Å². The average molecular weight is 219 g/mol. The Bertz CT molecular complexity index is 440. The van der Waals surface area contributed by atoms with Crippen LogP contribution >= 0.6 is 0 Å². The molecule has 1 aromatic carbocycles. The van der Waals surface area contributed by atoms with E-state index in [9.17, 15) is 4.79 Å². The summed E-state index contributed by atoms with van der Waals surface area (Å²) in [5, 5.41) is 8.69. The topological polar surface area (TPSA) is 58.9 Å². The molecule has 4 heteroatoms. The quantitative estimate of drug-likeness (QED) is 0.836. The van der Waals surface area contributed by atoms with Crippen molar-refractivity contribution in [2.75, 3.05) is 6.61 Å². The first-order valence-electron chi connectivity index (χ1n) is 5.14. The van der Waals surface area contributed by atoms with Crippen LogP contribution in [0, 0.1) is 6.92 Å². The van der Waals surface area contributed by atoms with Gasteiger partial charge in [-0.15, -0.1) is 0 Å². The first-order chi connectivity index (χ1) is 7.65. The second-order valence-electron chi connectivity index (χ2n) is 3.90. The molecule has 1 atom stereocenters. The summed E-state index contributed by atoms with van der Waals surface area (Å²) in [4.78, 5) is 14.6. The van der Waals surface area contributed by atoms with Gasteiger partial charge in [-0.25, -0.2) is 9.79 Å². The molecule has 0 amide bonds. The Morgan fingerprint density at radius 1 is 1.62 bits per heavy atom. The van der Waals surface area contributed by atoms with Crippen LogP contribution in [-0.4, -0.2) is 29.6 Å². The second kappa shape index (κ2) is 4.35. The number of carbonyl (C=O) groups is 1. The number of carboxylic acid groups (broad SMARTS) is 1. The lowest BCUT2D eigenvalue weighted by atomic mass is 10.1. The van der Waals surface area contributed by atoms with E-state index in [1.54, 1.807) is 0 Å². The molecule has 0 aliphatic carbocycles. The molecule has 1 N–H and O–H groups in total. The van der Waals surface area contributed by atoms with Gasteiger partial charge in [0.15, 0.2) is 0 Å². The Morgan fingerprint density at radius 3 is 3.06 bits per heavy atom. The van der Waals surface area contributed by atoms with Gasteiger partial charge in [0.05, 0.1) is 6.04 Å². The summed E-state index contributed by atoms with van der Waals surface area (Å²) in [6.07, 6.45) is 0.721. The molecule has 2 rings (SSSR count). The van der Waals surface area contributed by atoms with Gasteiger partial charge in [-0.3, -0.25) is 0 Å².